The molecule has 2 atom stereocenters. The third-order valence-corrected chi connectivity index (χ3v) is 4.06. The van der Waals surface area contributed by atoms with Crippen LogP contribution in [0.4, 0.5) is 4.79 Å². The molecule has 1 saturated heterocycles. The second-order valence-electron chi connectivity index (χ2n) is 5.95. The summed E-state index contributed by atoms with van der Waals surface area (Å²) in [5.74, 6) is 1.00. The van der Waals surface area contributed by atoms with E-state index in [-0.39, 0.29) is 18.2 Å². The molecule has 0 radical (unpaired) electrons. The van der Waals surface area contributed by atoms with Crippen LogP contribution in [0.5, 0.6) is 0 Å². The Kier molecular flexibility index (Phi) is 4.79. The topological polar surface area (TPSA) is 98.3 Å². The number of carbonyl (C=O) groups is 1. The molecule has 0 bridgehead atoms. The Bertz CT molecular complexity index is 697. The van der Waals surface area contributed by atoms with E-state index in [2.05, 4.69) is 20.6 Å². The number of hydrogen-bond donors (Lipinski definition) is 1. The van der Waals surface area contributed by atoms with Crippen molar-refractivity contribution in [3.8, 4) is 0 Å². The molecule has 1 aliphatic heterocycles. The molecule has 0 aliphatic carbocycles. The first-order valence-electron chi connectivity index (χ1n) is 7.93. The molecule has 2 aromatic heterocycles. The number of carbonyl (C=O) groups excluding carboxylic acids is 1. The van der Waals surface area contributed by atoms with Crippen molar-refractivity contribution in [3.63, 3.8) is 0 Å². The van der Waals surface area contributed by atoms with Crippen LogP contribution in [-0.2, 0) is 11.3 Å². The highest BCUT2D eigenvalue weighted by Crippen LogP contribution is 2.32. The second kappa shape index (κ2) is 7.00. The lowest BCUT2D eigenvalue weighted by Crippen LogP contribution is -2.41. The molecule has 0 aromatic carbocycles. The zero-order chi connectivity index (χ0) is 17.1. The third kappa shape index (κ3) is 3.56. The van der Waals surface area contributed by atoms with E-state index in [1.54, 1.807) is 29.8 Å². The highest BCUT2D eigenvalue weighted by Gasteiger charge is 2.39. The summed E-state index contributed by atoms with van der Waals surface area (Å²) in [5, 5.41) is 10.9. The molecule has 3 heterocycles. The molecular weight excluding hydrogens is 312 g/mol. The number of amides is 2. The van der Waals surface area contributed by atoms with Crippen molar-refractivity contribution in [1.29, 1.82) is 0 Å². The van der Waals surface area contributed by atoms with Crippen molar-refractivity contribution in [2.24, 2.45) is 0 Å². The standard InChI is InChI=1S/C15H22N6O3/c1-10-7-17-20(8-10)5-4-16-15(22)21-9-12(23-3)6-13(21)14-18-11(2)19-24-14/h7-8,12-13H,4-6,9H2,1-3H3,(H,16,22)/t12-,13+/m0/s1. The molecule has 1 aliphatic rings. The second-order valence-corrected chi connectivity index (χ2v) is 5.95. The Morgan fingerprint density at radius 3 is 2.96 bits per heavy atom. The van der Waals surface area contributed by atoms with Crippen LogP contribution in [-0.4, -0.2) is 57.2 Å². The number of likely N-dealkylation sites (tertiary alicyclic amines) is 1. The number of hydrogen-bond acceptors (Lipinski definition) is 6. The fraction of sp³-hybridized carbons (Fsp3) is 0.600. The molecule has 9 nitrogen and oxygen atoms in total. The van der Waals surface area contributed by atoms with Crippen LogP contribution >= 0.6 is 0 Å². The third-order valence-electron chi connectivity index (χ3n) is 4.06. The smallest absolute Gasteiger partial charge is 0.318 e. The summed E-state index contributed by atoms with van der Waals surface area (Å²) in [6, 6.07) is -0.428. The summed E-state index contributed by atoms with van der Waals surface area (Å²) >= 11 is 0. The van der Waals surface area contributed by atoms with Gasteiger partial charge in [-0.2, -0.15) is 10.1 Å². The summed E-state index contributed by atoms with van der Waals surface area (Å²) in [4.78, 5) is 18.5. The summed E-state index contributed by atoms with van der Waals surface area (Å²) < 4.78 is 12.4. The van der Waals surface area contributed by atoms with Gasteiger partial charge < -0.3 is 19.5 Å². The molecular formula is C15H22N6O3. The molecule has 0 unspecified atom stereocenters. The van der Waals surface area contributed by atoms with Gasteiger partial charge >= 0.3 is 6.03 Å². The Morgan fingerprint density at radius 1 is 1.50 bits per heavy atom. The van der Waals surface area contributed by atoms with Crippen LogP contribution in [0.2, 0.25) is 0 Å². The van der Waals surface area contributed by atoms with Gasteiger partial charge in [-0.1, -0.05) is 5.16 Å². The van der Waals surface area contributed by atoms with E-state index in [1.165, 1.54) is 0 Å². The van der Waals surface area contributed by atoms with Crippen molar-refractivity contribution in [2.75, 3.05) is 20.2 Å². The first-order chi connectivity index (χ1) is 11.6. The van der Waals surface area contributed by atoms with Crippen molar-refractivity contribution in [1.82, 2.24) is 30.1 Å². The summed E-state index contributed by atoms with van der Waals surface area (Å²) in [7, 11) is 1.64. The quantitative estimate of drug-likeness (QED) is 0.878. The summed E-state index contributed by atoms with van der Waals surface area (Å²) in [5.41, 5.74) is 1.09. The predicted molar refractivity (Wildman–Crippen MR) is 84.3 cm³/mol. The lowest BCUT2D eigenvalue weighted by Gasteiger charge is -2.22. The van der Waals surface area contributed by atoms with Gasteiger partial charge in [0.2, 0.25) is 5.89 Å². The van der Waals surface area contributed by atoms with Crippen molar-refractivity contribution < 1.29 is 14.1 Å². The van der Waals surface area contributed by atoms with Crippen LogP contribution in [0.15, 0.2) is 16.9 Å². The molecule has 2 amide bonds. The van der Waals surface area contributed by atoms with Crippen LogP contribution in [0.3, 0.4) is 0 Å². The van der Waals surface area contributed by atoms with Gasteiger partial charge in [-0.15, -0.1) is 0 Å². The monoisotopic (exact) mass is 334 g/mol. The average molecular weight is 334 g/mol. The molecule has 2 aromatic rings. The first-order valence-corrected chi connectivity index (χ1v) is 7.93. The maximum absolute atomic E-state index is 12.5. The van der Waals surface area contributed by atoms with Gasteiger partial charge in [0.15, 0.2) is 5.82 Å². The van der Waals surface area contributed by atoms with Crippen LogP contribution in [0.25, 0.3) is 0 Å². The van der Waals surface area contributed by atoms with E-state index in [0.29, 0.717) is 37.8 Å². The summed E-state index contributed by atoms with van der Waals surface area (Å²) in [6.07, 6.45) is 4.33. The van der Waals surface area contributed by atoms with E-state index in [1.807, 2.05) is 13.1 Å². The fourth-order valence-corrected chi connectivity index (χ4v) is 2.84. The number of nitrogens with one attached hydrogen (secondary N) is 1. The minimum atomic E-state index is -0.261. The number of rotatable bonds is 5. The maximum Gasteiger partial charge on any atom is 0.318 e. The fourth-order valence-electron chi connectivity index (χ4n) is 2.84. The van der Waals surface area contributed by atoms with Crippen LogP contribution in [0.1, 0.15) is 29.7 Å². The van der Waals surface area contributed by atoms with Gasteiger partial charge in [-0.3, -0.25) is 4.68 Å². The van der Waals surface area contributed by atoms with Gasteiger partial charge in [0.1, 0.15) is 6.04 Å². The van der Waals surface area contributed by atoms with Gasteiger partial charge in [-0.25, -0.2) is 4.79 Å². The molecule has 9 heteroatoms. The van der Waals surface area contributed by atoms with Gasteiger partial charge in [0, 0.05) is 32.8 Å². The van der Waals surface area contributed by atoms with E-state index >= 15 is 0 Å². The first kappa shape index (κ1) is 16.4. The van der Waals surface area contributed by atoms with Crippen molar-refractivity contribution in [2.45, 2.75) is 39.0 Å². The van der Waals surface area contributed by atoms with E-state index in [0.717, 1.165) is 5.56 Å². The Labute approximate surface area is 140 Å². The zero-order valence-electron chi connectivity index (χ0n) is 14.1. The molecule has 1 fully saturated rings. The van der Waals surface area contributed by atoms with Gasteiger partial charge in [-0.05, 0) is 19.4 Å². The minimum absolute atomic E-state index is 0.0401. The summed E-state index contributed by atoms with van der Waals surface area (Å²) in [6.45, 7) is 5.34. The number of urea groups is 1. The molecule has 1 N–H and O–H groups in total. The molecule has 130 valence electrons. The number of nitrogens with zero attached hydrogens (tertiary/aromatic N) is 5. The number of ether oxygens (including phenoxy) is 1. The highest BCUT2D eigenvalue weighted by atomic mass is 16.5. The van der Waals surface area contributed by atoms with E-state index < -0.39 is 0 Å². The average Bonchev–Trinajstić information content (AvgIpc) is 3.26. The van der Waals surface area contributed by atoms with Gasteiger partial charge in [0.25, 0.3) is 0 Å². The van der Waals surface area contributed by atoms with Crippen LogP contribution in [0, 0.1) is 13.8 Å². The molecule has 0 saturated carbocycles. The highest BCUT2D eigenvalue weighted by molar-refractivity contribution is 5.75. The van der Waals surface area contributed by atoms with E-state index in [4.69, 9.17) is 9.26 Å². The molecule has 3 rings (SSSR count). The number of methoxy groups -OCH3 is 1. The molecule has 24 heavy (non-hydrogen) atoms. The lowest BCUT2D eigenvalue weighted by atomic mass is 10.2. The van der Waals surface area contributed by atoms with Gasteiger partial charge in [0.05, 0.1) is 18.8 Å². The van der Waals surface area contributed by atoms with E-state index in [9.17, 15) is 4.79 Å². The largest absolute Gasteiger partial charge is 0.380 e. The number of aryl methyl sites for hydroxylation is 2. The van der Waals surface area contributed by atoms with Crippen LogP contribution < -0.4 is 5.32 Å². The molecule has 0 spiro atoms. The Hall–Kier alpha value is -2.42. The van der Waals surface area contributed by atoms with Crippen molar-refractivity contribution >= 4 is 6.03 Å². The SMILES string of the molecule is CO[C@H]1C[C@H](c2nc(C)no2)N(C(=O)NCCn2cc(C)cn2)C1. The normalized spacial score (nSPS) is 20.5. The van der Waals surface area contributed by atoms with Crippen molar-refractivity contribution in [3.05, 3.63) is 29.7 Å². The number of aromatic nitrogens is 4. The maximum atomic E-state index is 12.5. The minimum Gasteiger partial charge on any atom is -0.380 e. The lowest BCUT2D eigenvalue weighted by molar-refractivity contribution is 0.110. The predicted octanol–water partition coefficient (Wildman–Crippen LogP) is 1.05. The Morgan fingerprint density at radius 2 is 2.33 bits per heavy atom. The Balaban J connectivity index is 1.60. The zero-order valence-corrected chi connectivity index (χ0v) is 14.1.